The quantitative estimate of drug-likeness (QED) is 0.624. The molecule has 0 N–H and O–H groups in total. The van der Waals surface area contributed by atoms with Crippen molar-refractivity contribution in [2.24, 2.45) is 0 Å². The maximum atomic E-state index is 10.8. The zero-order chi connectivity index (χ0) is 14.7. The van der Waals surface area contributed by atoms with E-state index in [0.29, 0.717) is 6.61 Å². The van der Waals surface area contributed by atoms with Crippen LogP contribution in [0.2, 0.25) is 0 Å². The Morgan fingerprint density at radius 3 is 2.85 bits per heavy atom. The second-order valence-electron chi connectivity index (χ2n) is 5.16. The van der Waals surface area contributed by atoms with E-state index in [-0.39, 0.29) is 22.8 Å². The monoisotopic (exact) mass is 280 g/mol. The van der Waals surface area contributed by atoms with Gasteiger partial charge in [0, 0.05) is 38.0 Å². The minimum atomic E-state index is -0.369. The fourth-order valence-electron chi connectivity index (χ4n) is 2.63. The molecule has 6 heteroatoms. The van der Waals surface area contributed by atoms with Crippen molar-refractivity contribution in [2.45, 2.75) is 26.1 Å². The molecule has 1 aliphatic heterocycles. The molecular weight excluding hydrogens is 260 g/mol. The first-order chi connectivity index (χ1) is 9.51. The van der Waals surface area contributed by atoms with Gasteiger partial charge < -0.3 is 14.4 Å². The molecule has 0 bridgehead atoms. The summed E-state index contributed by atoms with van der Waals surface area (Å²) in [5, 5.41) is 10.8. The molecule has 20 heavy (non-hydrogen) atoms. The standard InChI is InChI=1S/C14H20N2O4/c1-10-6-12(16(17)18)4-5-14(10)15-7-11(2)20-13(8-15)9-19-3/h4-6,11,13H,7-9H2,1-3H3. The number of non-ortho nitro benzene ring substituents is 1. The molecule has 1 saturated heterocycles. The van der Waals surface area contributed by atoms with Gasteiger partial charge in [-0.25, -0.2) is 0 Å². The first-order valence-corrected chi connectivity index (χ1v) is 6.65. The molecule has 0 radical (unpaired) electrons. The van der Waals surface area contributed by atoms with Crippen LogP contribution in [0.1, 0.15) is 12.5 Å². The van der Waals surface area contributed by atoms with Gasteiger partial charge in [-0.15, -0.1) is 0 Å². The SMILES string of the molecule is COCC1CN(c2ccc([N+](=O)[O-])cc2C)CC(C)O1. The van der Waals surface area contributed by atoms with Gasteiger partial charge in [0.1, 0.15) is 0 Å². The Morgan fingerprint density at radius 1 is 1.50 bits per heavy atom. The topological polar surface area (TPSA) is 64.8 Å². The van der Waals surface area contributed by atoms with Crippen molar-refractivity contribution in [1.82, 2.24) is 0 Å². The average molecular weight is 280 g/mol. The lowest BCUT2D eigenvalue weighted by atomic mass is 10.1. The molecule has 0 amide bonds. The van der Waals surface area contributed by atoms with Gasteiger partial charge in [0.15, 0.2) is 0 Å². The minimum Gasteiger partial charge on any atom is -0.382 e. The average Bonchev–Trinajstić information content (AvgIpc) is 2.38. The normalized spacial score (nSPS) is 22.9. The smallest absolute Gasteiger partial charge is 0.269 e. The zero-order valence-electron chi connectivity index (χ0n) is 12.0. The zero-order valence-corrected chi connectivity index (χ0v) is 12.0. The van der Waals surface area contributed by atoms with Crippen LogP contribution >= 0.6 is 0 Å². The van der Waals surface area contributed by atoms with Crippen LogP contribution in [0.25, 0.3) is 0 Å². The largest absolute Gasteiger partial charge is 0.382 e. The van der Waals surface area contributed by atoms with Crippen LogP contribution in [0.5, 0.6) is 0 Å². The highest BCUT2D eigenvalue weighted by atomic mass is 16.6. The molecule has 0 aromatic heterocycles. The molecule has 1 aromatic carbocycles. The maximum absolute atomic E-state index is 10.8. The minimum absolute atomic E-state index is 0.0262. The van der Waals surface area contributed by atoms with E-state index in [0.717, 1.165) is 24.3 Å². The van der Waals surface area contributed by atoms with Crippen molar-refractivity contribution in [1.29, 1.82) is 0 Å². The third-order valence-corrected chi connectivity index (χ3v) is 3.41. The number of benzene rings is 1. The highest BCUT2D eigenvalue weighted by Gasteiger charge is 2.26. The number of nitro groups is 1. The van der Waals surface area contributed by atoms with Gasteiger partial charge in [0.25, 0.3) is 5.69 Å². The van der Waals surface area contributed by atoms with Crippen LogP contribution in [0.3, 0.4) is 0 Å². The van der Waals surface area contributed by atoms with Gasteiger partial charge in [-0.1, -0.05) is 0 Å². The summed E-state index contributed by atoms with van der Waals surface area (Å²) in [6.07, 6.45) is 0.136. The Morgan fingerprint density at radius 2 is 2.25 bits per heavy atom. The summed E-state index contributed by atoms with van der Waals surface area (Å²) in [4.78, 5) is 12.6. The summed E-state index contributed by atoms with van der Waals surface area (Å²) in [5.74, 6) is 0. The summed E-state index contributed by atoms with van der Waals surface area (Å²) in [6, 6.07) is 4.98. The summed E-state index contributed by atoms with van der Waals surface area (Å²) in [6.45, 7) is 5.98. The highest BCUT2D eigenvalue weighted by Crippen LogP contribution is 2.27. The fraction of sp³-hybridized carbons (Fsp3) is 0.571. The molecular formula is C14H20N2O4. The van der Waals surface area contributed by atoms with Crippen LogP contribution in [0, 0.1) is 17.0 Å². The number of morpholine rings is 1. The summed E-state index contributed by atoms with van der Waals surface area (Å²) in [7, 11) is 1.66. The summed E-state index contributed by atoms with van der Waals surface area (Å²) in [5.41, 5.74) is 2.05. The van der Waals surface area contributed by atoms with Crippen molar-refractivity contribution in [3.63, 3.8) is 0 Å². The lowest BCUT2D eigenvalue weighted by molar-refractivity contribution is -0.384. The molecule has 0 spiro atoms. The molecule has 1 heterocycles. The van der Waals surface area contributed by atoms with Gasteiger partial charge in [-0.3, -0.25) is 10.1 Å². The first kappa shape index (κ1) is 14.7. The number of aryl methyl sites for hydroxylation is 1. The summed E-state index contributed by atoms with van der Waals surface area (Å²) >= 11 is 0. The van der Waals surface area contributed by atoms with Crippen molar-refractivity contribution < 1.29 is 14.4 Å². The van der Waals surface area contributed by atoms with Crippen molar-refractivity contribution >= 4 is 11.4 Å². The maximum Gasteiger partial charge on any atom is 0.269 e. The van der Waals surface area contributed by atoms with E-state index in [2.05, 4.69) is 4.90 Å². The molecule has 2 rings (SSSR count). The Labute approximate surface area is 118 Å². The number of methoxy groups -OCH3 is 1. The number of rotatable bonds is 4. The third-order valence-electron chi connectivity index (χ3n) is 3.41. The molecule has 0 aliphatic carbocycles. The van der Waals surface area contributed by atoms with E-state index >= 15 is 0 Å². The van der Waals surface area contributed by atoms with Crippen LogP contribution in [0.15, 0.2) is 18.2 Å². The Bertz CT molecular complexity index is 492. The molecule has 2 unspecified atom stereocenters. The summed E-state index contributed by atoms with van der Waals surface area (Å²) < 4.78 is 11.0. The number of anilines is 1. The van der Waals surface area contributed by atoms with Gasteiger partial charge in [0.2, 0.25) is 0 Å². The predicted octanol–water partition coefficient (Wildman–Crippen LogP) is 2.14. The van der Waals surface area contributed by atoms with E-state index in [1.807, 2.05) is 19.9 Å². The lowest BCUT2D eigenvalue weighted by Crippen LogP contribution is -2.48. The van der Waals surface area contributed by atoms with Gasteiger partial charge in [0.05, 0.1) is 23.7 Å². The first-order valence-electron chi connectivity index (χ1n) is 6.65. The van der Waals surface area contributed by atoms with Gasteiger partial charge in [-0.05, 0) is 25.5 Å². The van der Waals surface area contributed by atoms with E-state index in [9.17, 15) is 10.1 Å². The van der Waals surface area contributed by atoms with E-state index in [1.165, 1.54) is 0 Å². The van der Waals surface area contributed by atoms with E-state index in [4.69, 9.17) is 9.47 Å². The number of nitrogens with zero attached hydrogens (tertiary/aromatic N) is 2. The van der Waals surface area contributed by atoms with Crippen molar-refractivity contribution in [3.8, 4) is 0 Å². The highest BCUT2D eigenvalue weighted by molar-refractivity contribution is 5.57. The second kappa shape index (κ2) is 6.19. The number of hydrogen-bond donors (Lipinski definition) is 0. The number of nitro benzene ring substituents is 1. The molecule has 0 saturated carbocycles. The van der Waals surface area contributed by atoms with Crippen LogP contribution in [0.4, 0.5) is 11.4 Å². The number of ether oxygens (including phenoxy) is 2. The predicted molar refractivity (Wildman–Crippen MR) is 76.3 cm³/mol. The van der Waals surface area contributed by atoms with Gasteiger partial charge in [-0.2, -0.15) is 0 Å². The molecule has 1 aromatic rings. The Hall–Kier alpha value is -1.66. The van der Waals surface area contributed by atoms with E-state index in [1.54, 1.807) is 19.2 Å². The second-order valence-corrected chi connectivity index (χ2v) is 5.16. The van der Waals surface area contributed by atoms with Crippen LogP contribution in [-0.4, -0.2) is 43.9 Å². The van der Waals surface area contributed by atoms with Crippen LogP contribution < -0.4 is 4.90 Å². The molecule has 1 fully saturated rings. The lowest BCUT2D eigenvalue weighted by Gasteiger charge is -2.38. The molecule has 6 nitrogen and oxygen atoms in total. The molecule has 1 aliphatic rings. The Balaban J connectivity index is 2.19. The van der Waals surface area contributed by atoms with Gasteiger partial charge >= 0.3 is 0 Å². The van der Waals surface area contributed by atoms with Crippen molar-refractivity contribution in [2.75, 3.05) is 31.7 Å². The van der Waals surface area contributed by atoms with E-state index < -0.39 is 0 Å². The molecule has 2 atom stereocenters. The fourth-order valence-corrected chi connectivity index (χ4v) is 2.63. The van der Waals surface area contributed by atoms with Crippen molar-refractivity contribution in [3.05, 3.63) is 33.9 Å². The Kier molecular flexibility index (Phi) is 4.57. The number of hydrogen-bond acceptors (Lipinski definition) is 5. The van der Waals surface area contributed by atoms with Crippen LogP contribution in [-0.2, 0) is 9.47 Å². The third kappa shape index (κ3) is 3.26. The molecule has 110 valence electrons.